The Morgan fingerprint density at radius 1 is 1.31 bits per heavy atom. The van der Waals surface area contributed by atoms with E-state index in [0.29, 0.717) is 33.7 Å². The van der Waals surface area contributed by atoms with E-state index in [4.69, 9.17) is 4.74 Å². The van der Waals surface area contributed by atoms with Crippen LogP contribution in [0, 0.1) is 11.7 Å². The molecule has 5 rings (SSSR count). The molecule has 174 valence electrons. The summed E-state index contributed by atoms with van der Waals surface area (Å²) in [6.45, 7) is 6.58. The van der Waals surface area contributed by atoms with E-state index in [1.165, 1.54) is 13.2 Å². The summed E-state index contributed by atoms with van der Waals surface area (Å²) >= 11 is 1.16. The largest absolute Gasteiger partial charge is 0.492 e. The summed E-state index contributed by atoms with van der Waals surface area (Å²) in [5, 5.41) is 3.78. The predicted molar refractivity (Wildman–Crippen MR) is 130 cm³/mol. The Bertz CT molecular complexity index is 1280. The number of nitrogens with zero attached hydrogens (tertiary/aromatic N) is 2. The van der Waals surface area contributed by atoms with E-state index < -0.39 is 16.8 Å². The molecule has 2 aliphatic rings. The Kier molecular flexibility index (Phi) is 6.26. The molecule has 2 aromatic heterocycles. The quantitative estimate of drug-likeness (QED) is 0.561. The molecule has 1 atom stereocenters. The van der Waals surface area contributed by atoms with Crippen LogP contribution in [0.25, 0.3) is 21.1 Å². The maximum absolute atomic E-state index is 15.4. The lowest BCUT2D eigenvalue weighted by atomic mass is 10.1. The zero-order chi connectivity index (χ0) is 21.9. The minimum Gasteiger partial charge on any atom is -0.492 e. The number of anilines is 1. The zero-order valence-electron chi connectivity index (χ0n) is 18.4. The van der Waals surface area contributed by atoms with Crippen molar-refractivity contribution in [1.29, 1.82) is 0 Å². The van der Waals surface area contributed by atoms with Crippen molar-refractivity contribution in [3.05, 3.63) is 32.5 Å². The van der Waals surface area contributed by atoms with Gasteiger partial charge in [0.15, 0.2) is 11.6 Å². The summed E-state index contributed by atoms with van der Waals surface area (Å²) in [5.41, 5.74) is 0.161. The van der Waals surface area contributed by atoms with Crippen molar-refractivity contribution in [2.24, 2.45) is 5.92 Å². The molecule has 1 aliphatic carbocycles. The van der Waals surface area contributed by atoms with Gasteiger partial charge in [0.25, 0.3) is 5.56 Å². The van der Waals surface area contributed by atoms with Gasteiger partial charge in [-0.3, -0.25) is 14.0 Å². The number of H-pyrrole nitrogens is 1. The molecule has 1 aromatic carbocycles. The second kappa shape index (κ2) is 8.68. The fourth-order valence-electron chi connectivity index (χ4n) is 4.69. The number of hydrogen-bond acceptors (Lipinski definition) is 6. The van der Waals surface area contributed by atoms with Crippen LogP contribution in [0.15, 0.2) is 15.7 Å². The van der Waals surface area contributed by atoms with Crippen molar-refractivity contribution in [2.75, 3.05) is 31.6 Å². The highest BCUT2D eigenvalue weighted by Gasteiger charge is 2.34. The Labute approximate surface area is 195 Å². The van der Waals surface area contributed by atoms with Crippen LogP contribution < -0.4 is 25.9 Å². The fourth-order valence-corrected chi connectivity index (χ4v) is 5.61. The highest BCUT2D eigenvalue weighted by Crippen LogP contribution is 2.46. The Morgan fingerprint density at radius 3 is 2.72 bits per heavy atom. The second-order valence-electron chi connectivity index (χ2n) is 8.94. The number of rotatable bonds is 6. The third kappa shape index (κ3) is 3.70. The van der Waals surface area contributed by atoms with Gasteiger partial charge < -0.3 is 19.5 Å². The minimum absolute atomic E-state index is 0. The predicted octanol–water partition coefficient (Wildman–Crippen LogP) is 3.63. The molecule has 1 saturated heterocycles. The van der Waals surface area contributed by atoms with Crippen molar-refractivity contribution in [1.82, 2.24) is 14.3 Å². The van der Waals surface area contributed by atoms with Gasteiger partial charge in [-0.2, -0.15) is 0 Å². The minimum atomic E-state index is -0.479. The van der Waals surface area contributed by atoms with Crippen LogP contribution in [0.5, 0.6) is 5.75 Å². The first-order valence-corrected chi connectivity index (χ1v) is 11.7. The zero-order valence-corrected chi connectivity index (χ0v) is 20.0. The number of hydrogen-bond donors (Lipinski definition) is 2. The van der Waals surface area contributed by atoms with Crippen LogP contribution in [0.1, 0.15) is 39.2 Å². The lowest BCUT2D eigenvalue weighted by Crippen LogP contribution is -2.31. The first-order valence-electron chi connectivity index (χ1n) is 10.8. The normalized spacial score (nSPS) is 18.7. The molecular weight excluding hydrogens is 455 g/mol. The van der Waals surface area contributed by atoms with Gasteiger partial charge in [0.2, 0.25) is 5.43 Å². The molecule has 10 heteroatoms. The van der Waals surface area contributed by atoms with Crippen molar-refractivity contribution in [2.45, 2.75) is 45.2 Å². The average molecular weight is 483 g/mol. The van der Waals surface area contributed by atoms with Gasteiger partial charge in [-0.05, 0) is 49.3 Å². The van der Waals surface area contributed by atoms with Gasteiger partial charge >= 0.3 is 0 Å². The highest BCUT2D eigenvalue weighted by atomic mass is 35.5. The topological polar surface area (TPSA) is 79.4 Å². The Balaban J connectivity index is 0.00000245. The molecule has 3 aromatic rings. The summed E-state index contributed by atoms with van der Waals surface area (Å²) in [6.07, 6.45) is 2.89. The molecule has 2 N–H and O–H groups in total. The van der Waals surface area contributed by atoms with Gasteiger partial charge in [-0.25, -0.2) is 4.39 Å². The highest BCUT2D eigenvalue weighted by molar-refractivity contribution is 7.12. The lowest BCUT2D eigenvalue weighted by molar-refractivity contribution is 0.413. The van der Waals surface area contributed by atoms with Gasteiger partial charge in [0.05, 0.1) is 18.0 Å². The van der Waals surface area contributed by atoms with E-state index in [1.807, 2.05) is 9.47 Å². The van der Waals surface area contributed by atoms with Crippen LogP contribution in [-0.2, 0) is 0 Å². The Hall–Kier alpha value is -2.10. The van der Waals surface area contributed by atoms with Crippen LogP contribution in [-0.4, -0.2) is 41.7 Å². The molecule has 7 nitrogen and oxygen atoms in total. The van der Waals surface area contributed by atoms with Gasteiger partial charge in [-0.15, -0.1) is 12.4 Å². The number of aromatic amines is 1. The van der Waals surface area contributed by atoms with E-state index in [2.05, 4.69) is 23.5 Å². The lowest BCUT2D eigenvalue weighted by Gasteiger charge is -2.25. The number of fused-ring (bicyclic) bond motifs is 2. The van der Waals surface area contributed by atoms with Crippen LogP contribution in [0.4, 0.5) is 10.1 Å². The average Bonchev–Trinajstić information content (AvgIpc) is 3.34. The summed E-state index contributed by atoms with van der Waals surface area (Å²) in [5.74, 6) is 0.330. The van der Waals surface area contributed by atoms with Gasteiger partial charge in [0.1, 0.15) is 15.9 Å². The number of pyridine rings is 1. The summed E-state index contributed by atoms with van der Waals surface area (Å²) in [4.78, 5) is 28.1. The van der Waals surface area contributed by atoms with Crippen molar-refractivity contribution < 1.29 is 9.13 Å². The number of halogens is 2. The fraction of sp³-hybridized carbons (Fsp3) is 0.545. The third-order valence-corrected chi connectivity index (χ3v) is 7.21. The SMILES string of the molecule is COc1c(N2CC[C@@H](CNC(C)C)C2)c(F)cc2c(=O)c3c(=O)[nH]sc3n(C3CC3)c12.Cl. The van der Waals surface area contributed by atoms with E-state index in [0.717, 1.165) is 50.4 Å². The molecule has 0 amide bonds. The molecule has 0 bridgehead atoms. The monoisotopic (exact) mass is 482 g/mol. The molecule has 0 unspecified atom stereocenters. The van der Waals surface area contributed by atoms with Gasteiger partial charge in [0, 0.05) is 25.2 Å². The van der Waals surface area contributed by atoms with Crippen LogP contribution in [0.2, 0.25) is 0 Å². The van der Waals surface area contributed by atoms with E-state index in [-0.39, 0.29) is 29.2 Å². The third-order valence-electron chi connectivity index (χ3n) is 6.33. The van der Waals surface area contributed by atoms with E-state index in [9.17, 15) is 9.59 Å². The Morgan fingerprint density at radius 2 is 2.06 bits per heavy atom. The first-order chi connectivity index (χ1) is 14.9. The molecule has 1 saturated carbocycles. The molecule has 1 aliphatic heterocycles. The molecule has 0 spiro atoms. The number of nitrogens with one attached hydrogen (secondary N) is 2. The van der Waals surface area contributed by atoms with Crippen molar-refractivity contribution >= 4 is 50.7 Å². The molecule has 2 fully saturated rings. The number of aromatic nitrogens is 2. The van der Waals surface area contributed by atoms with Crippen LogP contribution >= 0.6 is 23.9 Å². The molecule has 3 heterocycles. The maximum atomic E-state index is 15.4. The standard InChI is InChI=1S/C22H27FN4O3S.ClH/c1-11(2)24-9-12-6-7-26(10-12)18-15(23)8-14-17(20(18)30-3)27(13-4-5-13)22-16(19(14)28)21(29)25-31-22;/h8,11-13,24H,4-7,9-10H2,1-3H3,(H,25,29);1H/t12-;/m0./s1. The maximum Gasteiger partial charge on any atom is 0.271 e. The van der Waals surface area contributed by atoms with Gasteiger partial charge in [-0.1, -0.05) is 13.8 Å². The summed E-state index contributed by atoms with van der Waals surface area (Å²) in [6, 6.07) is 1.89. The smallest absolute Gasteiger partial charge is 0.271 e. The number of methoxy groups -OCH3 is 1. The molecule has 32 heavy (non-hydrogen) atoms. The van der Waals surface area contributed by atoms with E-state index >= 15 is 4.39 Å². The van der Waals surface area contributed by atoms with Crippen molar-refractivity contribution in [3.63, 3.8) is 0 Å². The van der Waals surface area contributed by atoms with E-state index in [1.54, 1.807) is 0 Å². The number of ether oxygens (including phenoxy) is 1. The summed E-state index contributed by atoms with van der Waals surface area (Å²) < 4.78 is 25.9. The molecule has 0 radical (unpaired) electrons. The van der Waals surface area contributed by atoms with Crippen molar-refractivity contribution in [3.8, 4) is 5.75 Å². The first kappa shape index (κ1) is 23.1. The second-order valence-corrected chi connectivity index (χ2v) is 9.74. The molecular formula is C22H28ClFN4O3S. The van der Waals surface area contributed by atoms with Crippen LogP contribution in [0.3, 0.4) is 0 Å². The number of benzene rings is 1. The summed E-state index contributed by atoms with van der Waals surface area (Å²) in [7, 11) is 1.52.